The van der Waals surface area contributed by atoms with E-state index in [9.17, 15) is 14.4 Å². The number of carbonyl (C=O) groups excluding carboxylic acids is 2. The SMILES string of the molecule is C[C@@H]1CCCN(c2nc3c(c(=O)[nH]2)[C@@H](C(=O)NCc2ccccc2)CC(=O)N3)C1. The zero-order valence-electron chi connectivity index (χ0n) is 16.4. The van der Waals surface area contributed by atoms with E-state index in [1.165, 1.54) is 0 Å². The molecule has 8 heteroatoms. The van der Waals surface area contributed by atoms with E-state index in [1.54, 1.807) is 0 Å². The molecule has 0 saturated carbocycles. The third-order valence-corrected chi connectivity index (χ3v) is 5.52. The second-order valence-electron chi connectivity index (χ2n) is 7.85. The fraction of sp³-hybridized carbons (Fsp3) is 0.429. The molecule has 1 fully saturated rings. The number of nitrogens with zero attached hydrogens (tertiary/aromatic N) is 2. The topological polar surface area (TPSA) is 107 Å². The first-order valence-electron chi connectivity index (χ1n) is 10.0. The molecule has 0 unspecified atom stereocenters. The third kappa shape index (κ3) is 4.16. The Hall–Kier alpha value is -3.16. The Balaban J connectivity index is 1.58. The van der Waals surface area contributed by atoms with Gasteiger partial charge in [-0.3, -0.25) is 19.4 Å². The van der Waals surface area contributed by atoms with Crippen LogP contribution in [-0.2, 0) is 16.1 Å². The van der Waals surface area contributed by atoms with Crippen molar-refractivity contribution in [2.75, 3.05) is 23.3 Å². The summed E-state index contributed by atoms with van der Waals surface area (Å²) in [5, 5.41) is 5.50. The van der Waals surface area contributed by atoms with Crippen molar-refractivity contribution < 1.29 is 9.59 Å². The molecule has 2 aliphatic rings. The summed E-state index contributed by atoms with van der Waals surface area (Å²) in [6.07, 6.45) is 2.10. The molecule has 0 spiro atoms. The van der Waals surface area contributed by atoms with Gasteiger partial charge in [0, 0.05) is 26.1 Å². The number of aromatic amines is 1. The summed E-state index contributed by atoms with van der Waals surface area (Å²) in [5.74, 6) is -0.363. The molecule has 3 N–H and O–H groups in total. The van der Waals surface area contributed by atoms with Crippen LogP contribution in [0.2, 0.25) is 0 Å². The Morgan fingerprint density at radius 2 is 2.07 bits per heavy atom. The van der Waals surface area contributed by atoms with Gasteiger partial charge in [-0.05, 0) is 24.3 Å². The average Bonchev–Trinajstić information content (AvgIpc) is 2.71. The normalized spacial score (nSPS) is 21.3. The van der Waals surface area contributed by atoms with Crippen LogP contribution in [0.15, 0.2) is 35.1 Å². The number of aromatic nitrogens is 2. The minimum absolute atomic E-state index is 0.0710. The summed E-state index contributed by atoms with van der Waals surface area (Å²) >= 11 is 0. The first kappa shape index (κ1) is 19.2. The summed E-state index contributed by atoms with van der Waals surface area (Å²) in [7, 11) is 0. The van der Waals surface area contributed by atoms with Crippen molar-refractivity contribution in [3.8, 4) is 0 Å². The lowest BCUT2D eigenvalue weighted by Gasteiger charge is -2.32. The quantitative estimate of drug-likeness (QED) is 0.731. The molecular weight excluding hydrogens is 370 g/mol. The van der Waals surface area contributed by atoms with Gasteiger partial charge in [0.05, 0.1) is 11.5 Å². The molecular formula is C21H25N5O3. The van der Waals surface area contributed by atoms with Gasteiger partial charge in [-0.25, -0.2) is 0 Å². The zero-order valence-corrected chi connectivity index (χ0v) is 16.4. The molecule has 1 aromatic heterocycles. The first-order valence-corrected chi connectivity index (χ1v) is 10.0. The van der Waals surface area contributed by atoms with Crippen LogP contribution in [0.1, 0.15) is 43.2 Å². The number of amides is 2. The number of fused-ring (bicyclic) bond motifs is 1. The zero-order chi connectivity index (χ0) is 20.4. The fourth-order valence-corrected chi connectivity index (χ4v) is 4.02. The summed E-state index contributed by atoms with van der Waals surface area (Å²) in [6, 6.07) is 9.49. The highest BCUT2D eigenvalue weighted by Gasteiger charge is 2.35. The second-order valence-corrected chi connectivity index (χ2v) is 7.85. The Bertz CT molecular complexity index is 972. The number of nitrogens with one attached hydrogen (secondary N) is 3. The van der Waals surface area contributed by atoms with E-state index in [0.717, 1.165) is 31.5 Å². The first-order chi connectivity index (χ1) is 14.0. The Morgan fingerprint density at radius 3 is 2.83 bits per heavy atom. The number of hydrogen-bond acceptors (Lipinski definition) is 5. The molecule has 29 heavy (non-hydrogen) atoms. The number of carbonyl (C=O) groups is 2. The van der Waals surface area contributed by atoms with Crippen molar-refractivity contribution >= 4 is 23.6 Å². The van der Waals surface area contributed by atoms with Gasteiger partial charge in [-0.15, -0.1) is 0 Å². The number of piperidine rings is 1. The van der Waals surface area contributed by atoms with E-state index < -0.39 is 5.92 Å². The molecule has 2 amide bonds. The van der Waals surface area contributed by atoms with Crippen LogP contribution in [0.25, 0.3) is 0 Å². The lowest BCUT2D eigenvalue weighted by Crippen LogP contribution is -2.41. The number of H-pyrrole nitrogens is 1. The highest BCUT2D eigenvalue weighted by Crippen LogP contribution is 2.30. The Labute approximate surface area is 168 Å². The number of rotatable bonds is 4. The highest BCUT2D eigenvalue weighted by atomic mass is 16.2. The van der Waals surface area contributed by atoms with Gasteiger partial charge in [-0.1, -0.05) is 37.3 Å². The average molecular weight is 395 g/mol. The summed E-state index contributed by atoms with van der Waals surface area (Å²) in [4.78, 5) is 47.2. The standard InChI is InChI=1S/C21H25N5O3/c1-13-6-5-9-26(12-13)21-24-18-17(20(29)25-21)15(10-16(27)23-18)19(28)22-11-14-7-3-2-4-8-14/h2-4,7-8,13,15H,5-6,9-12H2,1H3,(H,22,28)(H2,23,24,25,27,29)/t13-,15+/m1/s1. The van der Waals surface area contributed by atoms with Gasteiger partial charge in [0.25, 0.3) is 5.56 Å². The number of anilines is 2. The monoisotopic (exact) mass is 395 g/mol. The van der Waals surface area contributed by atoms with Crippen molar-refractivity contribution in [2.45, 2.75) is 38.6 Å². The van der Waals surface area contributed by atoms with Gasteiger partial charge >= 0.3 is 0 Å². The van der Waals surface area contributed by atoms with Gasteiger partial charge < -0.3 is 15.5 Å². The van der Waals surface area contributed by atoms with Crippen molar-refractivity contribution in [3.05, 3.63) is 51.8 Å². The van der Waals surface area contributed by atoms with Gasteiger partial charge in [0.15, 0.2) is 0 Å². The van der Waals surface area contributed by atoms with E-state index in [4.69, 9.17) is 0 Å². The molecule has 4 rings (SSSR count). The van der Waals surface area contributed by atoms with Gasteiger partial charge in [0.2, 0.25) is 17.8 Å². The van der Waals surface area contributed by atoms with E-state index in [0.29, 0.717) is 18.4 Å². The van der Waals surface area contributed by atoms with Crippen molar-refractivity contribution in [1.82, 2.24) is 15.3 Å². The number of hydrogen-bond donors (Lipinski definition) is 3. The highest BCUT2D eigenvalue weighted by molar-refractivity contribution is 6.00. The molecule has 2 atom stereocenters. The minimum Gasteiger partial charge on any atom is -0.351 e. The maximum atomic E-state index is 12.9. The van der Waals surface area contributed by atoms with E-state index in [-0.39, 0.29) is 35.2 Å². The molecule has 2 aliphatic heterocycles. The molecule has 3 heterocycles. The molecule has 0 bridgehead atoms. The Morgan fingerprint density at radius 1 is 1.28 bits per heavy atom. The predicted octanol–water partition coefficient (Wildman–Crippen LogP) is 1.75. The third-order valence-electron chi connectivity index (χ3n) is 5.52. The molecule has 0 radical (unpaired) electrons. The molecule has 1 aromatic carbocycles. The summed E-state index contributed by atoms with van der Waals surface area (Å²) < 4.78 is 0. The van der Waals surface area contributed by atoms with Crippen molar-refractivity contribution in [2.24, 2.45) is 5.92 Å². The number of benzene rings is 1. The molecule has 152 valence electrons. The van der Waals surface area contributed by atoms with Crippen LogP contribution in [-0.4, -0.2) is 34.9 Å². The lowest BCUT2D eigenvalue weighted by molar-refractivity contribution is -0.126. The van der Waals surface area contributed by atoms with Gasteiger partial charge in [-0.2, -0.15) is 4.98 Å². The lowest BCUT2D eigenvalue weighted by atomic mass is 9.92. The van der Waals surface area contributed by atoms with Crippen LogP contribution in [0, 0.1) is 5.92 Å². The van der Waals surface area contributed by atoms with Crippen molar-refractivity contribution in [1.29, 1.82) is 0 Å². The maximum Gasteiger partial charge on any atom is 0.258 e. The van der Waals surface area contributed by atoms with Crippen LogP contribution in [0.4, 0.5) is 11.8 Å². The summed E-state index contributed by atoms with van der Waals surface area (Å²) in [5.41, 5.74) is 0.801. The molecule has 1 saturated heterocycles. The van der Waals surface area contributed by atoms with Gasteiger partial charge in [0.1, 0.15) is 5.82 Å². The molecule has 8 nitrogen and oxygen atoms in total. The largest absolute Gasteiger partial charge is 0.351 e. The summed E-state index contributed by atoms with van der Waals surface area (Å²) in [6.45, 7) is 4.11. The van der Waals surface area contributed by atoms with Crippen LogP contribution >= 0.6 is 0 Å². The van der Waals surface area contributed by atoms with Crippen LogP contribution in [0.5, 0.6) is 0 Å². The van der Waals surface area contributed by atoms with E-state index in [1.807, 2.05) is 35.2 Å². The fourth-order valence-electron chi connectivity index (χ4n) is 4.02. The van der Waals surface area contributed by atoms with Crippen molar-refractivity contribution in [3.63, 3.8) is 0 Å². The Kier molecular flexibility index (Phi) is 5.33. The van der Waals surface area contributed by atoms with Crippen LogP contribution in [0.3, 0.4) is 0 Å². The predicted molar refractivity (Wildman–Crippen MR) is 110 cm³/mol. The minimum atomic E-state index is -0.854. The molecule has 0 aliphatic carbocycles. The maximum absolute atomic E-state index is 12.9. The molecule has 2 aromatic rings. The van der Waals surface area contributed by atoms with Crippen LogP contribution < -0.4 is 21.1 Å². The van der Waals surface area contributed by atoms with E-state index in [2.05, 4.69) is 27.5 Å². The smallest absolute Gasteiger partial charge is 0.258 e. The van der Waals surface area contributed by atoms with E-state index >= 15 is 0 Å². The second kappa shape index (κ2) is 8.06.